The highest BCUT2D eigenvalue weighted by atomic mass is 79.9. The Morgan fingerprint density at radius 2 is 1.95 bits per heavy atom. The summed E-state index contributed by atoms with van der Waals surface area (Å²) in [5, 5.41) is 9.97. The molecular weight excluding hydrogens is 328 g/mol. The second-order valence-corrected chi connectivity index (χ2v) is 6.40. The maximum atomic E-state index is 9.97. The normalized spacial score (nSPS) is 11.5. The van der Waals surface area contributed by atoms with Gasteiger partial charge in [0.25, 0.3) is 0 Å². The van der Waals surface area contributed by atoms with Crippen LogP contribution >= 0.6 is 15.9 Å². The number of hydrogen-bond donors (Lipinski definition) is 1. The van der Waals surface area contributed by atoms with E-state index >= 15 is 0 Å². The van der Waals surface area contributed by atoms with Crippen LogP contribution in [-0.4, -0.2) is 14.7 Å². The van der Waals surface area contributed by atoms with Crippen molar-refractivity contribution < 1.29 is 5.11 Å². The van der Waals surface area contributed by atoms with Gasteiger partial charge in [0.1, 0.15) is 11.6 Å². The molecule has 0 radical (unpaired) electrons. The Morgan fingerprint density at radius 3 is 2.67 bits per heavy atom. The number of aromatic hydroxyl groups is 1. The summed E-state index contributed by atoms with van der Waals surface area (Å²) < 4.78 is 3.23. The molecule has 0 aliphatic heterocycles. The van der Waals surface area contributed by atoms with Gasteiger partial charge in [0.2, 0.25) is 0 Å². The van der Waals surface area contributed by atoms with Crippen molar-refractivity contribution in [2.45, 2.75) is 26.8 Å². The fourth-order valence-electron chi connectivity index (χ4n) is 2.65. The minimum absolute atomic E-state index is 0.285. The fraction of sp³-hybridized carbons (Fsp3) is 0.235. The molecule has 0 spiro atoms. The van der Waals surface area contributed by atoms with E-state index in [0.29, 0.717) is 5.75 Å². The van der Waals surface area contributed by atoms with E-state index in [0.717, 1.165) is 32.5 Å². The smallest absolute Gasteiger partial charge is 0.141 e. The van der Waals surface area contributed by atoms with E-state index in [2.05, 4.69) is 40.4 Å². The molecule has 3 rings (SSSR count). The number of nitrogens with zero attached hydrogens (tertiary/aromatic N) is 2. The quantitative estimate of drug-likeness (QED) is 0.705. The standard InChI is InChI=1S/C17H17BrN2O/c1-10(2)20-15-8-7-12(18)9-14(15)19-17(20)13-5-4-6-16(21)11(13)3/h4-10,21H,1-3H3. The second kappa shape index (κ2) is 5.19. The molecule has 21 heavy (non-hydrogen) atoms. The maximum Gasteiger partial charge on any atom is 0.141 e. The van der Waals surface area contributed by atoms with Gasteiger partial charge in [-0.05, 0) is 45.0 Å². The van der Waals surface area contributed by atoms with Crippen LogP contribution in [0.5, 0.6) is 5.75 Å². The molecule has 0 fully saturated rings. The van der Waals surface area contributed by atoms with Crippen molar-refractivity contribution in [3.63, 3.8) is 0 Å². The van der Waals surface area contributed by atoms with Crippen LogP contribution in [0.15, 0.2) is 40.9 Å². The molecule has 0 unspecified atom stereocenters. The SMILES string of the molecule is Cc1c(O)cccc1-c1nc2cc(Br)ccc2n1C(C)C. The summed E-state index contributed by atoms with van der Waals surface area (Å²) in [4.78, 5) is 4.79. The molecule has 3 nitrogen and oxygen atoms in total. The van der Waals surface area contributed by atoms with Gasteiger partial charge in [-0.25, -0.2) is 4.98 Å². The van der Waals surface area contributed by atoms with Gasteiger partial charge in [0.15, 0.2) is 0 Å². The first-order chi connectivity index (χ1) is 9.99. The number of fused-ring (bicyclic) bond motifs is 1. The molecule has 3 aromatic rings. The zero-order valence-electron chi connectivity index (χ0n) is 12.3. The summed E-state index contributed by atoms with van der Waals surface area (Å²) in [6, 6.07) is 12.0. The van der Waals surface area contributed by atoms with Crippen molar-refractivity contribution in [1.29, 1.82) is 0 Å². The van der Waals surface area contributed by atoms with Crippen molar-refractivity contribution in [1.82, 2.24) is 9.55 Å². The Hall–Kier alpha value is -1.81. The highest BCUT2D eigenvalue weighted by Gasteiger charge is 2.17. The minimum atomic E-state index is 0.285. The number of rotatable bonds is 2. The topological polar surface area (TPSA) is 38.1 Å². The Labute approximate surface area is 132 Å². The molecule has 4 heteroatoms. The largest absolute Gasteiger partial charge is 0.508 e. The van der Waals surface area contributed by atoms with Gasteiger partial charge in [0, 0.05) is 21.6 Å². The lowest BCUT2D eigenvalue weighted by atomic mass is 10.1. The maximum absolute atomic E-state index is 9.97. The summed E-state index contributed by atoms with van der Waals surface area (Å²) >= 11 is 3.50. The zero-order chi connectivity index (χ0) is 15.1. The van der Waals surface area contributed by atoms with E-state index in [1.165, 1.54) is 0 Å². The Kier molecular flexibility index (Phi) is 3.49. The van der Waals surface area contributed by atoms with E-state index in [1.54, 1.807) is 6.07 Å². The van der Waals surface area contributed by atoms with E-state index < -0.39 is 0 Å². The highest BCUT2D eigenvalue weighted by Crippen LogP contribution is 2.33. The lowest BCUT2D eigenvalue weighted by molar-refractivity contribution is 0.471. The average Bonchev–Trinajstić information content (AvgIpc) is 2.80. The summed E-state index contributed by atoms with van der Waals surface area (Å²) in [7, 11) is 0. The van der Waals surface area contributed by atoms with E-state index in [4.69, 9.17) is 4.98 Å². The van der Waals surface area contributed by atoms with E-state index in [-0.39, 0.29) is 6.04 Å². The van der Waals surface area contributed by atoms with Crippen LogP contribution in [0, 0.1) is 6.92 Å². The van der Waals surface area contributed by atoms with Crippen molar-refractivity contribution >= 4 is 27.0 Å². The third-order valence-electron chi connectivity index (χ3n) is 3.71. The molecule has 0 saturated heterocycles. The van der Waals surface area contributed by atoms with Crippen molar-refractivity contribution in [2.75, 3.05) is 0 Å². The van der Waals surface area contributed by atoms with Gasteiger partial charge in [0.05, 0.1) is 11.0 Å². The molecule has 108 valence electrons. The van der Waals surface area contributed by atoms with Gasteiger partial charge in [-0.2, -0.15) is 0 Å². The number of phenolic OH excluding ortho intramolecular Hbond substituents is 1. The number of benzene rings is 2. The summed E-state index contributed by atoms with van der Waals surface area (Å²) in [5.41, 5.74) is 3.88. The molecule has 0 saturated carbocycles. The monoisotopic (exact) mass is 344 g/mol. The van der Waals surface area contributed by atoms with Crippen LogP contribution in [0.25, 0.3) is 22.4 Å². The fourth-order valence-corrected chi connectivity index (χ4v) is 3.00. The van der Waals surface area contributed by atoms with Crippen LogP contribution in [0.1, 0.15) is 25.5 Å². The van der Waals surface area contributed by atoms with Gasteiger partial charge in [-0.15, -0.1) is 0 Å². The molecule has 1 heterocycles. The van der Waals surface area contributed by atoms with Gasteiger partial charge >= 0.3 is 0 Å². The molecule has 0 amide bonds. The molecule has 2 aromatic carbocycles. The number of aromatic nitrogens is 2. The molecule has 1 N–H and O–H groups in total. The first-order valence-electron chi connectivity index (χ1n) is 6.95. The van der Waals surface area contributed by atoms with Crippen LogP contribution in [0.4, 0.5) is 0 Å². The third-order valence-corrected chi connectivity index (χ3v) is 4.21. The van der Waals surface area contributed by atoms with E-state index in [1.807, 2.05) is 31.2 Å². The van der Waals surface area contributed by atoms with Crippen molar-refractivity contribution in [3.05, 3.63) is 46.4 Å². The lowest BCUT2D eigenvalue weighted by Gasteiger charge is -2.15. The lowest BCUT2D eigenvalue weighted by Crippen LogP contribution is -2.03. The number of hydrogen-bond acceptors (Lipinski definition) is 2. The molecular formula is C17H17BrN2O. The Balaban J connectivity index is 2.36. The molecule has 0 aliphatic rings. The number of halogens is 1. The number of phenols is 1. The van der Waals surface area contributed by atoms with Crippen molar-refractivity contribution in [3.8, 4) is 17.1 Å². The zero-order valence-corrected chi connectivity index (χ0v) is 13.8. The molecule has 0 bridgehead atoms. The second-order valence-electron chi connectivity index (χ2n) is 5.48. The Morgan fingerprint density at radius 1 is 1.19 bits per heavy atom. The van der Waals surface area contributed by atoms with Crippen LogP contribution in [0.3, 0.4) is 0 Å². The van der Waals surface area contributed by atoms with Gasteiger partial charge < -0.3 is 9.67 Å². The van der Waals surface area contributed by atoms with Crippen LogP contribution < -0.4 is 0 Å². The van der Waals surface area contributed by atoms with Crippen LogP contribution in [0.2, 0.25) is 0 Å². The third kappa shape index (κ3) is 2.33. The highest BCUT2D eigenvalue weighted by molar-refractivity contribution is 9.10. The number of imidazole rings is 1. The molecule has 0 atom stereocenters. The average molecular weight is 345 g/mol. The first-order valence-corrected chi connectivity index (χ1v) is 7.74. The summed E-state index contributed by atoms with van der Waals surface area (Å²) in [6.45, 7) is 6.21. The summed E-state index contributed by atoms with van der Waals surface area (Å²) in [6.07, 6.45) is 0. The van der Waals surface area contributed by atoms with Gasteiger partial charge in [-0.1, -0.05) is 28.1 Å². The minimum Gasteiger partial charge on any atom is -0.508 e. The molecule has 1 aromatic heterocycles. The van der Waals surface area contributed by atoms with Crippen molar-refractivity contribution in [2.24, 2.45) is 0 Å². The first kappa shape index (κ1) is 14.1. The van der Waals surface area contributed by atoms with Crippen LogP contribution in [-0.2, 0) is 0 Å². The predicted molar refractivity (Wildman–Crippen MR) is 89.7 cm³/mol. The summed E-state index contributed by atoms with van der Waals surface area (Å²) in [5.74, 6) is 1.20. The predicted octanol–water partition coefficient (Wildman–Crippen LogP) is 5.06. The van der Waals surface area contributed by atoms with Gasteiger partial charge in [-0.3, -0.25) is 0 Å². The van der Waals surface area contributed by atoms with E-state index in [9.17, 15) is 5.11 Å². The Bertz CT molecular complexity index is 821. The molecule has 0 aliphatic carbocycles.